The SMILES string of the molecule is CCCCNC(=O)[C@@H](C)N(Cc1c(Cl)cccc1Cl)C(=O)CCCN(C)S(=O)(=O)c1ccccc1. The van der Waals surface area contributed by atoms with Crippen LogP contribution in [0.5, 0.6) is 0 Å². The van der Waals surface area contributed by atoms with Crippen LogP contribution in [0.1, 0.15) is 45.1 Å². The number of nitrogens with zero attached hydrogens (tertiary/aromatic N) is 2. The van der Waals surface area contributed by atoms with E-state index in [9.17, 15) is 18.0 Å². The quantitative estimate of drug-likeness (QED) is 0.371. The zero-order valence-electron chi connectivity index (χ0n) is 20.3. The molecule has 192 valence electrons. The van der Waals surface area contributed by atoms with Gasteiger partial charge in [-0.15, -0.1) is 0 Å². The van der Waals surface area contributed by atoms with Gasteiger partial charge >= 0.3 is 0 Å². The molecule has 0 heterocycles. The Labute approximate surface area is 218 Å². The van der Waals surface area contributed by atoms with Crippen molar-refractivity contribution in [1.82, 2.24) is 14.5 Å². The molecule has 10 heteroatoms. The molecule has 0 unspecified atom stereocenters. The molecule has 2 aromatic carbocycles. The maximum absolute atomic E-state index is 13.2. The largest absolute Gasteiger partial charge is 0.354 e. The minimum atomic E-state index is -3.65. The van der Waals surface area contributed by atoms with Gasteiger partial charge < -0.3 is 10.2 Å². The van der Waals surface area contributed by atoms with Crippen LogP contribution in [0.4, 0.5) is 0 Å². The maximum atomic E-state index is 13.2. The van der Waals surface area contributed by atoms with Crippen molar-refractivity contribution in [2.45, 2.75) is 57.0 Å². The lowest BCUT2D eigenvalue weighted by atomic mass is 10.1. The van der Waals surface area contributed by atoms with Crippen molar-refractivity contribution < 1.29 is 18.0 Å². The predicted octanol–water partition coefficient (Wildman–Crippen LogP) is 4.73. The summed E-state index contributed by atoms with van der Waals surface area (Å²) >= 11 is 12.6. The standard InChI is InChI=1S/C25H33Cl2N3O4S/c1-4-5-16-28-25(32)19(2)30(18-21-22(26)13-9-14-23(21)27)24(31)15-10-17-29(3)35(33,34)20-11-7-6-8-12-20/h6-9,11-14,19H,4-5,10,15-18H2,1-3H3,(H,28,32)/t19-/m1/s1. The molecular formula is C25H33Cl2N3O4S. The Hall–Kier alpha value is -2.13. The first-order chi connectivity index (χ1) is 16.6. The molecule has 0 saturated heterocycles. The molecule has 7 nitrogen and oxygen atoms in total. The summed E-state index contributed by atoms with van der Waals surface area (Å²) in [5.41, 5.74) is 0.557. The summed E-state index contributed by atoms with van der Waals surface area (Å²) in [6.07, 6.45) is 2.12. The molecule has 2 aromatic rings. The van der Waals surface area contributed by atoms with Crippen LogP contribution in [0.2, 0.25) is 10.0 Å². The Kier molecular flexibility index (Phi) is 11.5. The van der Waals surface area contributed by atoms with Gasteiger partial charge in [-0.1, -0.05) is 60.8 Å². The third kappa shape index (κ3) is 8.20. The summed E-state index contributed by atoms with van der Waals surface area (Å²) in [4.78, 5) is 27.6. The zero-order chi connectivity index (χ0) is 26.0. The highest BCUT2D eigenvalue weighted by Crippen LogP contribution is 2.27. The molecule has 2 rings (SSSR count). The molecule has 0 saturated carbocycles. The lowest BCUT2D eigenvalue weighted by molar-refractivity contribution is -0.140. The van der Waals surface area contributed by atoms with Crippen LogP contribution >= 0.6 is 23.2 Å². The van der Waals surface area contributed by atoms with E-state index in [2.05, 4.69) is 5.32 Å². The first-order valence-electron chi connectivity index (χ1n) is 11.6. The van der Waals surface area contributed by atoms with E-state index in [1.807, 2.05) is 6.92 Å². The summed E-state index contributed by atoms with van der Waals surface area (Å²) in [5, 5.41) is 3.67. The van der Waals surface area contributed by atoms with Crippen molar-refractivity contribution in [3.63, 3.8) is 0 Å². The number of sulfonamides is 1. The number of rotatable bonds is 13. The normalized spacial score (nSPS) is 12.4. The summed E-state index contributed by atoms with van der Waals surface area (Å²) in [5.74, 6) is -0.552. The molecule has 35 heavy (non-hydrogen) atoms. The van der Waals surface area contributed by atoms with Gasteiger partial charge in [0.2, 0.25) is 21.8 Å². The minimum absolute atomic E-state index is 0.0588. The third-order valence-corrected chi connectivity index (χ3v) is 8.28. The first-order valence-corrected chi connectivity index (χ1v) is 13.8. The van der Waals surface area contributed by atoms with Crippen molar-refractivity contribution >= 4 is 45.0 Å². The molecule has 0 spiro atoms. The molecule has 0 aromatic heterocycles. The van der Waals surface area contributed by atoms with E-state index < -0.39 is 16.1 Å². The Bertz CT molecular complexity index is 1080. The van der Waals surface area contributed by atoms with E-state index in [4.69, 9.17) is 23.2 Å². The molecule has 0 aliphatic heterocycles. The highest BCUT2D eigenvalue weighted by Gasteiger charge is 2.28. The van der Waals surface area contributed by atoms with E-state index in [1.165, 1.54) is 28.4 Å². The van der Waals surface area contributed by atoms with E-state index >= 15 is 0 Å². The fourth-order valence-corrected chi connectivity index (χ4v) is 5.21. The van der Waals surface area contributed by atoms with Gasteiger partial charge in [0.15, 0.2) is 0 Å². The minimum Gasteiger partial charge on any atom is -0.354 e. The van der Waals surface area contributed by atoms with E-state index in [1.54, 1.807) is 43.3 Å². The molecule has 0 radical (unpaired) electrons. The number of hydrogen-bond acceptors (Lipinski definition) is 4. The van der Waals surface area contributed by atoms with Crippen molar-refractivity contribution in [3.05, 3.63) is 64.1 Å². The molecule has 0 aliphatic rings. The number of amides is 2. The van der Waals surface area contributed by atoms with Gasteiger partial charge in [0.25, 0.3) is 0 Å². The van der Waals surface area contributed by atoms with Gasteiger partial charge in [-0.2, -0.15) is 0 Å². The van der Waals surface area contributed by atoms with Crippen LogP contribution in [0.15, 0.2) is 53.4 Å². The van der Waals surface area contributed by atoms with Crippen LogP contribution in [0.25, 0.3) is 0 Å². The van der Waals surface area contributed by atoms with Crippen molar-refractivity contribution in [2.75, 3.05) is 20.1 Å². The van der Waals surface area contributed by atoms with Gasteiger partial charge in [-0.3, -0.25) is 9.59 Å². The molecule has 0 aliphatic carbocycles. The highest BCUT2D eigenvalue weighted by molar-refractivity contribution is 7.89. The molecule has 2 amide bonds. The van der Waals surface area contributed by atoms with Crippen molar-refractivity contribution in [2.24, 2.45) is 0 Å². The number of benzene rings is 2. The molecular weight excluding hydrogens is 509 g/mol. The summed E-state index contributed by atoms with van der Waals surface area (Å²) in [6.45, 7) is 4.44. The monoisotopic (exact) mass is 541 g/mol. The molecule has 1 N–H and O–H groups in total. The summed E-state index contributed by atoms with van der Waals surface area (Å²) < 4.78 is 26.7. The second-order valence-corrected chi connectivity index (χ2v) is 11.1. The number of halogens is 2. The topological polar surface area (TPSA) is 86.8 Å². The molecule has 1 atom stereocenters. The highest BCUT2D eigenvalue weighted by atomic mass is 35.5. The Morgan fingerprint density at radius 1 is 1.00 bits per heavy atom. The van der Waals surface area contributed by atoms with Crippen LogP contribution in [0, 0.1) is 0 Å². The lowest BCUT2D eigenvalue weighted by Gasteiger charge is -2.29. The molecule has 0 fully saturated rings. The van der Waals surface area contributed by atoms with Gasteiger partial charge in [0, 0.05) is 48.7 Å². The van der Waals surface area contributed by atoms with Crippen molar-refractivity contribution in [3.8, 4) is 0 Å². The van der Waals surface area contributed by atoms with E-state index in [0.717, 1.165) is 12.8 Å². The Morgan fingerprint density at radius 3 is 2.23 bits per heavy atom. The van der Waals surface area contributed by atoms with E-state index in [-0.39, 0.29) is 36.2 Å². The van der Waals surface area contributed by atoms with Gasteiger partial charge in [0.1, 0.15) is 6.04 Å². The first kappa shape index (κ1) is 29.1. The average molecular weight is 543 g/mol. The predicted molar refractivity (Wildman–Crippen MR) is 140 cm³/mol. The third-order valence-electron chi connectivity index (χ3n) is 5.70. The van der Waals surface area contributed by atoms with E-state index in [0.29, 0.717) is 28.6 Å². The van der Waals surface area contributed by atoms with Gasteiger partial charge in [-0.05, 0) is 44.0 Å². The number of hydrogen-bond donors (Lipinski definition) is 1. The number of unbranched alkanes of at least 4 members (excludes halogenated alkanes) is 1. The van der Waals surface area contributed by atoms with Gasteiger partial charge in [-0.25, -0.2) is 12.7 Å². The van der Waals surface area contributed by atoms with Crippen LogP contribution < -0.4 is 5.32 Å². The second kappa shape index (κ2) is 13.8. The van der Waals surface area contributed by atoms with Crippen molar-refractivity contribution in [1.29, 1.82) is 0 Å². The fraction of sp³-hybridized carbons (Fsp3) is 0.440. The van der Waals surface area contributed by atoms with Crippen LogP contribution in [-0.2, 0) is 26.2 Å². The van der Waals surface area contributed by atoms with Crippen LogP contribution in [0.3, 0.4) is 0 Å². The lowest BCUT2D eigenvalue weighted by Crippen LogP contribution is -2.48. The molecule has 0 bridgehead atoms. The second-order valence-electron chi connectivity index (χ2n) is 8.29. The zero-order valence-corrected chi connectivity index (χ0v) is 22.7. The average Bonchev–Trinajstić information content (AvgIpc) is 2.84. The van der Waals surface area contributed by atoms with Crippen LogP contribution in [-0.4, -0.2) is 55.6 Å². The Balaban J connectivity index is 2.11. The summed E-state index contributed by atoms with van der Waals surface area (Å²) in [6, 6.07) is 12.5. The maximum Gasteiger partial charge on any atom is 0.242 e. The number of carbonyl (C=O) groups is 2. The number of nitrogens with one attached hydrogen (secondary N) is 1. The summed E-state index contributed by atoms with van der Waals surface area (Å²) in [7, 11) is -2.17. The van der Waals surface area contributed by atoms with Gasteiger partial charge in [0.05, 0.1) is 4.90 Å². The number of carbonyl (C=O) groups excluding carboxylic acids is 2. The smallest absolute Gasteiger partial charge is 0.242 e. The Morgan fingerprint density at radius 2 is 1.63 bits per heavy atom. The fourth-order valence-electron chi connectivity index (χ4n) is 3.46.